The Bertz CT molecular complexity index is 698. The van der Waals surface area contributed by atoms with Gasteiger partial charge < -0.3 is 24.1 Å². The third kappa shape index (κ3) is 3.78. The van der Waals surface area contributed by atoms with Gasteiger partial charge in [0.2, 0.25) is 0 Å². The Morgan fingerprint density at radius 2 is 1.62 bits per heavy atom. The number of ether oxygens (including phenoxy) is 4. The largest absolute Gasteiger partial charge is 0.496 e. The number of benzene rings is 2. The van der Waals surface area contributed by atoms with Gasteiger partial charge in [0, 0.05) is 11.6 Å². The zero-order valence-electron chi connectivity index (χ0n) is 13.8. The molecule has 2 rings (SSSR count). The Balaban J connectivity index is 2.24. The minimum absolute atomic E-state index is 0.297. The predicted molar refractivity (Wildman–Crippen MR) is 88.0 cm³/mol. The SMILES string of the molecule is COc1ccc(OC(=O)C(CO)c2ccccc2OC)cc1OC. The molecule has 1 N–H and O–H groups in total. The number of carbonyl (C=O) groups excluding carboxylic acids is 1. The standard InChI is InChI=1S/C18H20O6/c1-21-15-7-5-4-6-13(15)14(11-19)18(20)24-12-8-9-16(22-2)17(10-12)23-3/h4-10,14,19H,11H2,1-3H3. The first kappa shape index (κ1) is 17.6. The van der Waals surface area contributed by atoms with Crippen LogP contribution in [0.4, 0.5) is 0 Å². The topological polar surface area (TPSA) is 74.2 Å². The van der Waals surface area contributed by atoms with Gasteiger partial charge in [-0.3, -0.25) is 4.79 Å². The summed E-state index contributed by atoms with van der Waals surface area (Å²) < 4.78 is 20.9. The van der Waals surface area contributed by atoms with Crippen LogP contribution < -0.4 is 18.9 Å². The molecule has 0 spiro atoms. The number of esters is 1. The highest BCUT2D eigenvalue weighted by molar-refractivity contribution is 5.81. The number of hydrogen-bond donors (Lipinski definition) is 1. The van der Waals surface area contributed by atoms with Gasteiger partial charge in [0.05, 0.1) is 27.9 Å². The second-order valence-corrected chi connectivity index (χ2v) is 4.91. The molecule has 0 bridgehead atoms. The molecule has 1 unspecified atom stereocenters. The van der Waals surface area contributed by atoms with E-state index in [9.17, 15) is 9.90 Å². The number of aliphatic hydroxyl groups excluding tert-OH is 1. The van der Waals surface area contributed by atoms with Crippen molar-refractivity contribution in [2.24, 2.45) is 0 Å². The molecule has 0 saturated carbocycles. The summed E-state index contributed by atoms with van der Waals surface area (Å²) in [6, 6.07) is 11.8. The van der Waals surface area contributed by atoms with E-state index in [1.807, 2.05) is 0 Å². The minimum Gasteiger partial charge on any atom is -0.496 e. The second kappa shape index (κ2) is 8.21. The van der Waals surface area contributed by atoms with E-state index >= 15 is 0 Å². The predicted octanol–water partition coefficient (Wildman–Crippen LogP) is 2.39. The van der Waals surface area contributed by atoms with Gasteiger partial charge >= 0.3 is 5.97 Å². The molecule has 24 heavy (non-hydrogen) atoms. The van der Waals surface area contributed by atoms with E-state index in [1.54, 1.807) is 42.5 Å². The molecular weight excluding hydrogens is 312 g/mol. The van der Waals surface area contributed by atoms with Crippen molar-refractivity contribution in [3.8, 4) is 23.0 Å². The van der Waals surface area contributed by atoms with Crippen LogP contribution in [0.5, 0.6) is 23.0 Å². The highest BCUT2D eigenvalue weighted by atomic mass is 16.5. The summed E-state index contributed by atoms with van der Waals surface area (Å²) in [5, 5.41) is 9.63. The first-order valence-electron chi connectivity index (χ1n) is 7.32. The van der Waals surface area contributed by atoms with E-state index in [0.717, 1.165) is 0 Å². The van der Waals surface area contributed by atoms with Crippen LogP contribution >= 0.6 is 0 Å². The average molecular weight is 332 g/mol. The van der Waals surface area contributed by atoms with Gasteiger partial charge in [-0.05, 0) is 18.2 Å². The summed E-state index contributed by atoms with van der Waals surface area (Å²) >= 11 is 0. The quantitative estimate of drug-likeness (QED) is 0.620. The average Bonchev–Trinajstić information content (AvgIpc) is 2.62. The van der Waals surface area contributed by atoms with Crippen molar-refractivity contribution in [3.05, 3.63) is 48.0 Å². The van der Waals surface area contributed by atoms with Crippen LogP contribution in [0.1, 0.15) is 11.5 Å². The van der Waals surface area contributed by atoms with Crippen LogP contribution in [0.15, 0.2) is 42.5 Å². The summed E-state index contributed by atoms with van der Waals surface area (Å²) in [6.45, 7) is -0.396. The molecule has 0 radical (unpaired) electrons. The summed E-state index contributed by atoms with van der Waals surface area (Å²) in [4.78, 5) is 12.5. The third-order valence-electron chi connectivity index (χ3n) is 3.55. The molecule has 0 fully saturated rings. The number of methoxy groups -OCH3 is 3. The molecule has 2 aromatic rings. The Kier molecular flexibility index (Phi) is 6.03. The molecule has 0 aliphatic rings. The van der Waals surface area contributed by atoms with E-state index in [1.165, 1.54) is 21.3 Å². The van der Waals surface area contributed by atoms with Crippen LogP contribution in [-0.2, 0) is 4.79 Å². The van der Waals surface area contributed by atoms with Crippen molar-refractivity contribution in [2.75, 3.05) is 27.9 Å². The van der Waals surface area contributed by atoms with Crippen LogP contribution in [0, 0.1) is 0 Å². The summed E-state index contributed by atoms with van der Waals surface area (Å²) in [7, 11) is 4.52. The molecule has 0 saturated heterocycles. The van der Waals surface area contributed by atoms with Gasteiger partial charge in [0.1, 0.15) is 17.4 Å². The van der Waals surface area contributed by atoms with Crippen molar-refractivity contribution < 1.29 is 28.8 Å². The molecule has 0 heterocycles. The highest BCUT2D eigenvalue weighted by Gasteiger charge is 2.25. The molecule has 2 aromatic carbocycles. The maximum Gasteiger partial charge on any atom is 0.321 e. The monoisotopic (exact) mass is 332 g/mol. The van der Waals surface area contributed by atoms with Crippen molar-refractivity contribution in [2.45, 2.75) is 5.92 Å². The zero-order chi connectivity index (χ0) is 17.5. The zero-order valence-corrected chi connectivity index (χ0v) is 13.8. The lowest BCUT2D eigenvalue weighted by molar-refractivity contribution is -0.137. The molecule has 0 aliphatic carbocycles. The van der Waals surface area contributed by atoms with Gasteiger partial charge in [-0.25, -0.2) is 0 Å². The Labute approximate surface area is 140 Å². The smallest absolute Gasteiger partial charge is 0.321 e. The number of aliphatic hydroxyl groups is 1. The minimum atomic E-state index is -0.853. The lowest BCUT2D eigenvalue weighted by Crippen LogP contribution is -2.22. The maximum absolute atomic E-state index is 12.5. The fourth-order valence-corrected chi connectivity index (χ4v) is 2.32. The van der Waals surface area contributed by atoms with Crippen LogP contribution in [0.3, 0.4) is 0 Å². The fourth-order valence-electron chi connectivity index (χ4n) is 2.32. The lowest BCUT2D eigenvalue weighted by Gasteiger charge is -2.17. The second-order valence-electron chi connectivity index (χ2n) is 4.91. The number of carbonyl (C=O) groups is 1. The van der Waals surface area contributed by atoms with Crippen molar-refractivity contribution in [3.63, 3.8) is 0 Å². The molecule has 1 atom stereocenters. The number of hydrogen-bond acceptors (Lipinski definition) is 6. The summed E-state index contributed by atoms with van der Waals surface area (Å²) in [5.74, 6) is 0.344. The van der Waals surface area contributed by atoms with Gasteiger partial charge in [0.15, 0.2) is 11.5 Å². The van der Waals surface area contributed by atoms with E-state index in [2.05, 4.69) is 0 Å². The lowest BCUT2D eigenvalue weighted by atomic mass is 9.99. The molecular formula is C18H20O6. The molecule has 6 nitrogen and oxygen atoms in total. The first-order chi connectivity index (χ1) is 11.6. The number of rotatable bonds is 7. The van der Waals surface area contributed by atoms with Crippen molar-refractivity contribution in [1.82, 2.24) is 0 Å². The van der Waals surface area contributed by atoms with Crippen LogP contribution in [0.25, 0.3) is 0 Å². The van der Waals surface area contributed by atoms with Crippen LogP contribution in [0.2, 0.25) is 0 Å². The van der Waals surface area contributed by atoms with E-state index in [0.29, 0.717) is 28.6 Å². The molecule has 128 valence electrons. The van der Waals surface area contributed by atoms with Gasteiger partial charge in [-0.15, -0.1) is 0 Å². The molecule has 6 heteroatoms. The first-order valence-corrected chi connectivity index (χ1v) is 7.32. The molecule has 0 aliphatic heterocycles. The summed E-state index contributed by atoms with van der Waals surface area (Å²) in [6.07, 6.45) is 0. The Morgan fingerprint density at radius 3 is 2.25 bits per heavy atom. The van der Waals surface area contributed by atoms with Gasteiger partial charge in [0.25, 0.3) is 0 Å². The van der Waals surface area contributed by atoms with Gasteiger partial charge in [-0.1, -0.05) is 18.2 Å². The summed E-state index contributed by atoms with van der Waals surface area (Å²) in [5.41, 5.74) is 0.563. The number of para-hydroxylation sites is 1. The Morgan fingerprint density at radius 1 is 0.958 bits per heavy atom. The molecule has 0 aromatic heterocycles. The van der Waals surface area contributed by atoms with Crippen LogP contribution in [-0.4, -0.2) is 39.0 Å². The fraction of sp³-hybridized carbons (Fsp3) is 0.278. The highest BCUT2D eigenvalue weighted by Crippen LogP contribution is 2.32. The normalized spacial score (nSPS) is 11.5. The van der Waals surface area contributed by atoms with E-state index < -0.39 is 18.5 Å². The third-order valence-corrected chi connectivity index (χ3v) is 3.55. The van der Waals surface area contributed by atoms with Crippen molar-refractivity contribution >= 4 is 5.97 Å². The van der Waals surface area contributed by atoms with E-state index in [-0.39, 0.29) is 0 Å². The van der Waals surface area contributed by atoms with Crippen molar-refractivity contribution in [1.29, 1.82) is 0 Å². The van der Waals surface area contributed by atoms with E-state index in [4.69, 9.17) is 18.9 Å². The van der Waals surface area contributed by atoms with Gasteiger partial charge in [-0.2, -0.15) is 0 Å². The maximum atomic E-state index is 12.5. The molecule has 0 amide bonds. The Hall–Kier alpha value is -2.73.